The van der Waals surface area contributed by atoms with Crippen LogP contribution in [0.25, 0.3) is 0 Å². The van der Waals surface area contributed by atoms with Crippen molar-refractivity contribution in [2.75, 3.05) is 32.8 Å². The summed E-state index contributed by atoms with van der Waals surface area (Å²) < 4.78 is 0. The third-order valence-corrected chi connectivity index (χ3v) is 3.32. The van der Waals surface area contributed by atoms with Crippen LogP contribution in [0.2, 0.25) is 0 Å². The maximum atomic E-state index is 12.2. The lowest BCUT2D eigenvalue weighted by Gasteiger charge is -2.33. The Morgan fingerprint density at radius 2 is 2.06 bits per heavy atom. The average Bonchev–Trinajstić information content (AvgIpc) is 2.38. The van der Waals surface area contributed by atoms with Gasteiger partial charge in [-0.1, -0.05) is 6.08 Å². The predicted molar refractivity (Wildman–Crippen MR) is 68.8 cm³/mol. The van der Waals surface area contributed by atoms with Gasteiger partial charge >= 0.3 is 0 Å². The topological polar surface area (TPSA) is 60.9 Å². The smallest absolute Gasteiger partial charge is 0.226 e. The van der Waals surface area contributed by atoms with Crippen LogP contribution >= 0.6 is 0 Å². The Bertz CT molecular complexity index is 309. The van der Waals surface area contributed by atoms with Gasteiger partial charge in [0.15, 0.2) is 0 Å². The molecule has 0 radical (unpaired) electrons. The molecule has 5 nitrogen and oxygen atoms in total. The highest BCUT2D eigenvalue weighted by Gasteiger charge is 2.28. The summed E-state index contributed by atoms with van der Waals surface area (Å²) >= 11 is 0. The zero-order valence-corrected chi connectivity index (χ0v) is 11.0. The van der Waals surface area contributed by atoms with E-state index >= 15 is 0 Å². The largest absolute Gasteiger partial charge is 0.395 e. The molecule has 0 unspecified atom stereocenters. The zero-order chi connectivity index (χ0) is 13.5. The Balaban J connectivity index is 2.51. The summed E-state index contributed by atoms with van der Waals surface area (Å²) in [6, 6.07) is 0. The van der Waals surface area contributed by atoms with Gasteiger partial charge in [-0.3, -0.25) is 9.59 Å². The van der Waals surface area contributed by atoms with Crippen LogP contribution in [-0.2, 0) is 9.59 Å². The van der Waals surface area contributed by atoms with Gasteiger partial charge in [0.2, 0.25) is 11.8 Å². The molecule has 0 aliphatic carbocycles. The van der Waals surface area contributed by atoms with Crippen molar-refractivity contribution in [3.05, 3.63) is 12.7 Å². The summed E-state index contributed by atoms with van der Waals surface area (Å²) in [5, 5.41) is 8.94. The lowest BCUT2D eigenvalue weighted by Crippen LogP contribution is -2.44. The number of rotatable bonds is 5. The minimum atomic E-state index is -0.0358. The van der Waals surface area contributed by atoms with E-state index in [0.717, 1.165) is 0 Å². The van der Waals surface area contributed by atoms with Crippen molar-refractivity contribution >= 4 is 11.8 Å². The molecule has 1 rings (SSSR count). The first kappa shape index (κ1) is 14.7. The molecule has 0 atom stereocenters. The van der Waals surface area contributed by atoms with E-state index < -0.39 is 0 Å². The number of nitrogens with zero attached hydrogens (tertiary/aromatic N) is 2. The highest BCUT2D eigenvalue weighted by Crippen LogP contribution is 2.19. The van der Waals surface area contributed by atoms with Gasteiger partial charge in [0.25, 0.3) is 0 Å². The van der Waals surface area contributed by atoms with Crippen molar-refractivity contribution in [2.45, 2.75) is 19.8 Å². The van der Waals surface area contributed by atoms with Crippen molar-refractivity contribution in [1.29, 1.82) is 0 Å². The van der Waals surface area contributed by atoms with E-state index in [-0.39, 0.29) is 24.3 Å². The summed E-state index contributed by atoms with van der Waals surface area (Å²) in [5.74, 6) is 0.0958. The third kappa shape index (κ3) is 3.84. The first-order chi connectivity index (χ1) is 8.60. The SMILES string of the molecule is C=CCN(CCO)C(=O)C1CCN(C(C)=O)CC1. The van der Waals surface area contributed by atoms with Crippen LogP contribution in [-0.4, -0.2) is 59.5 Å². The maximum Gasteiger partial charge on any atom is 0.226 e. The molecule has 1 saturated heterocycles. The molecule has 0 bridgehead atoms. The quantitative estimate of drug-likeness (QED) is 0.716. The third-order valence-electron chi connectivity index (χ3n) is 3.32. The van der Waals surface area contributed by atoms with Crippen LogP contribution < -0.4 is 0 Å². The Morgan fingerprint density at radius 1 is 1.44 bits per heavy atom. The summed E-state index contributed by atoms with van der Waals surface area (Å²) in [7, 11) is 0. The van der Waals surface area contributed by atoms with Gasteiger partial charge in [-0.25, -0.2) is 0 Å². The first-order valence-corrected chi connectivity index (χ1v) is 6.36. The van der Waals surface area contributed by atoms with E-state index in [1.807, 2.05) is 0 Å². The number of carbonyl (C=O) groups excluding carboxylic acids is 2. The Hall–Kier alpha value is -1.36. The van der Waals surface area contributed by atoms with Crippen LogP contribution in [0, 0.1) is 5.92 Å². The predicted octanol–water partition coefficient (Wildman–Crippen LogP) is 0.252. The molecule has 5 heteroatoms. The molecule has 0 aromatic rings. The Morgan fingerprint density at radius 3 is 2.50 bits per heavy atom. The fraction of sp³-hybridized carbons (Fsp3) is 0.692. The number of amides is 2. The van der Waals surface area contributed by atoms with E-state index in [1.54, 1.807) is 22.8 Å². The molecule has 1 aliphatic heterocycles. The number of likely N-dealkylation sites (tertiary alicyclic amines) is 1. The van der Waals surface area contributed by atoms with Gasteiger partial charge in [-0.2, -0.15) is 0 Å². The fourth-order valence-electron chi connectivity index (χ4n) is 2.27. The molecule has 1 heterocycles. The molecule has 102 valence electrons. The fourth-order valence-corrected chi connectivity index (χ4v) is 2.27. The number of piperidine rings is 1. The highest BCUT2D eigenvalue weighted by atomic mass is 16.3. The number of hydrogen-bond donors (Lipinski definition) is 1. The van der Waals surface area contributed by atoms with E-state index in [4.69, 9.17) is 5.11 Å². The van der Waals surface area contributed by atoms with Crippen LogP contribution in [0.5, 0.6) is 0 Å². The van der Waals surface area contributed by atoms with Crippen molar-refractivity contribution in [3.8, 4) is 0 Å². The molecule has 0 aromatic heterocycles. The van der Waals surface area contributed by atoms with Crippen molar-refractivity contribution in [1.82, 2.24) is 9.80 Å². The summed E-state index contributed by atoms with van der Waals surface area (Å²) in [5.41, 5.74) is 0. The molecule has 0 aromatic carbocycles. The van der Waals surface area contributed by atoms with Crippen LogP contribution in [0.4, 0.5) is 0 Å². The van der Waals surface area contributed by atoms with Gasteiger partial charge in [-0.05, 0) is 12.8 Å². The maximum absolute atomic E-state index is 12.2. The van der Waals surface area contributed by atoms with Crippen molar-refractivity contribution in [2.24, 2.45) is 5.92 Å². The molecule has 18 heavy (non-hydrogen) atoms. The van der Waals surface area contributed by atoms with E-state index in [1.165, 1.54) is 0 Å². The highest BCUT2D eigenvalue weighted by molar-refractivity contribution is 5.80. The summed E-state index contributed by atoms with van der Waals surface area (Å²) in [4.78, 5) is 26.8. The number of hydrogen-bond acceptors (Lipinski definition) is 3. The Kier molecular flexibility index (Phi) is 5.85. The minimum absolute atomic E-state index is 0.0351. The van der Waals surface area contributed by atoms with Crippen LogP contribution in [0.1, 0.15) is 19.8 Å². The lowest BCUT2D eigenvalue weighted by atomic mass is 9.95. The normalized spacial score (nSPS) is 16.4. The molecular weight excluding hydrogens is 232 g/mol. The summed E-state index contributed by atoms with van der Waals surface area (Å²) in [6.07, 6.45) is 3.08. The molecule has 0 spiro atoms. The van der Waals surface area contributed by atoms with E-state index in [0.29, 0.717) is 39.0 Å². The van der Waals surface area contributed by atoms with Crippen LogP contribution in [0.3, 0.4) is 0 Å². The number of aliphatic hydroxyl groups is 1. The van der Waals surface area contributed by atoms with Gasteiger partial charge < -0.3 is 14.9 Å². The van der Waals surface area contributed by atoms with Gasteiger partial charge in [0.1, 0.15) is 0 Å². The molecule has 0 saturated carbocycles. The number of carbonyl (C=O) groups is 2. The van der Waals surface area contributed by atoms with E-state index in [2.05, 4.69) is 6.58 Å². The zero-order valence-electron chi connectivity index (χ0n) is 11.0. The molecule has 1 N–H and O–H groups in total. The Labute approximate surface area is 108 Å². The van der Waals surface area contributed by atoms with Gasteiger partial charge in [0, 0.05) is 39.0 Å². The molecular formula is C13H22N2O3. The molecule has 1 aliphatic rings. The number of aliphatic hydroxyl groups excluding tert-OH is 1. The van der Waals surface area contributed by atoms with Gasteiger partial charge in [0.05, 0.1) is 6.61 Å². The van der Waals surface area contributed by atoms with E-state index in [9.17, 15) is 9.59 Å². The second kappa shape index (κ2) is 7.16. The van der Waals surface area contributed by atoms with Gasteiger partial charge in [-0.15, -0.1) is 6.58 Å². The first-order valence-electron chi connectivity index (χ1n) is 6.36. The minimum Gasteiger partial charge on any atom is -0.395 e. The standard InChI is InChI=1S/C13H22N2O3/c1-3-6-15(9-10-16)13(18)12-4-7-14(8-5-12)11(2)17/h3,12,16H,1,4-10H2,2H3. The summed E-state index contributed by atoms with van der Waals surface area (Å²) in [6.45, 7) is 7.24. The monoisotopic (exact) mass is 254 g/mol. The molecule has 1 fully saturated rings. The van der Waals surface area contributed by atoms with Crippen molar-refractivity contribution < 1.29 is 14.7 Å². The average molecular weight is 254 g/mol. The second-order valence-corrected chi connectivity index (χ2v) is 4.58. The molecule has 2 amide bonds. The van der Waals surface area contributed by atoms with Crippen LogP contribution in [0.15, 0.2) is 12.7 Å². The van der Waals surface area contributed by atoms with Crippen molar-refractivity contribution in [3.63, 3.8) is 0 Å². The lowest BCUT2D eigenvalue weighted by molar-refractivity contribution is -0.140. The second-order valence-electron chi connectivity index (χ2n) is 4.58.